The van der Waals surface area contributed by atoms with E-state index in [-0.39, 0.29) is 0 Å². The SMILES string of the molecule is C=CCC[C@H]1CC[C@H](CC[C@H]2CC[C@H](c3ccc(COCC=C)cc3)CC2)CC1. The van der Waals surface area contributed by atoms with Gasteiger partial charge in [0.1, 0.15) is 0 Å². The Bertz CT molecular complexity index is 585. The summed E-state index contributed by atoms with van der Waals surface area (Å²) in [5.41, 5.74) is 2.80. The fraction of sp³-hybridized carbons (Fsp3) is 0.643. The minimum atomic E-state index is 0.627. The Morgan fingerprint density at radius 1 is 0.724 bits per heavy atom. The van der Waals surface area contributed by atoms with Gasteiger partial charge in [-0.2, -0.15) is 0 Å². The highest BCUT2D eigenvalue weighted by Gasteiger charge is 2.25. The van der Waals surface area contributed by atoms with Crippen molar-refractivity contribution in [2.24, 2.45) is 17.8 Å². The molecule has 0 bridgehead atoms. The first kappa shape index (κ1) is 22.3. The second-order valence-corrected chi connectivity index (χ2v) is 9.59. The molecular formula is C28H42O. The Labute approximate surface area is 179 Å². The smallest absolute Gasteiger partial charge is 0.0721 e. The van der Waals surface area contributed by atoms with Gasteiger partial charge in [-0.3, -0.25) is 0 Å². The molecule has 0 spiro atoms. The maximum atomic E-state index is 5.55. The normalized spacial score (nSPS) is 27.4. The minimum Gasteiger partial charge on any atom is -0.373 e. The van der Waals surface area contributed by atoms with E-state index in [1.165, 1.54) is 88.2 Å². The van der Waals surface area contributed by atoms with Crippen molar-refractivity contribution < 1.29 is 4.74 Å². The zero-order valence-electron chi connectivity index (χ0n) is 18.5. The van der Waals surface area contributed by atoms with Crippen LogP contribution in [0.4, 0.5) is 0 Å². The molecule has 2 aliphatic carbocycles. The van der Waals surface area contributed by atoms with E-state index in [0.717, 1.165) is 23.7 Å². The first-order valence-electron chi connectivity index (χ1n) is 12.2. The van der Waals surface area contributed by atoms with Gasteiger partial charge in [0.05, 0.1) is 13.2 Å². The fourth-order valence-corrected chi connectivity index (χ4v) is 5.56. The molecule has 1 nitrogen and oxygen atoms in total. The topological polar surface area (TPSA) is 9.23 Å². The van der Waals surface area contributed by atoms with Crippen LogP contribution in [0.15, 0.2) is 49.6 Å². The molecule has 2 aliphatic rings. The number of hydrogen-bond donors (Lipinski definition) is 0. The Kier molecular flexibility index (Phi) is 9.54. The highest BCUT2D eigenvalue weighted by Crippen LogP contribution is 2.40. The third kappa shape index (κ3) is 7.45. The summed E-state index contributed by atoms with van der Waals surface area (Å²) in [6.07, 6.45) is 21.0. The summed E-state index contributed by atoms with van der Waals surface area (Å²) in [5, 5.41) is 0. The third-order valence-electron chi connectivity index (χ3n) is 7.53. The van der Waals surface area contributed by atoms with E-state index in [0.29, 0.717) is 13.2 Å². The number of allylic oxidation sites excluding steroid dienone is 1. The molecule has 1 aromatic rings. The summed E-state index contributed by atoms with van der Waals surface area (Å²) in [6.45, 7) is 8.89. The van der Waals surface area contributed by atoms with E-state index < -0.39 is 0 Å². The van der Waals surface area contributed by atoms with Crippen LogP contribution in [0.1, 0.15) is 94.1 Å². The molecule has 0 saturated heterocycles. The van der Waals surface area contributed by atoms with Gasteiger partial charge in [0.2, 0.25) is 0 Å². The lowest BCUT2D eigenvalue weighted by atomic mass is 9.74. The average Bonchev–Trinajstić information content (AvgIpc) is 2.78. The Morgan fingerprint density at radius 3 is 1.83 bits per heavy atom. The van der Waals surface area contributed by atoms with Crippen LogP contribution >= 0.6 is 0 Å². The number of ether oxygens (including phenoxy) is 1. The molecule has 2 fully saturated rings. The molecule has 0 amide bonds. The summed E-state index contributed by atoms with van der Waals surface area (Å²) in [6, 6.07) is 9.16. The van der Waals surface area contributed by atoms with Gasteiger partial charge >= 0.3 is 0 Å². The standard InChI is InChI=1S/C28H42O/c1-3-5-6-23-7-9-24(10-8-23)11-12-25-13-17-27(18-14-25)28-19-15-26(16-20-28)22-29-21-4-2/h3-4,15-16,19-20,23-25,27H,1-2,5-14,17-18,21-22H2/t23-,24-,25-,27-. The van der Waals surface area contributed by atoms with Gasteiger partial charge < -0.3 is 4.74 Å². The molecule has 0 N–H and O–H groups in total. The van der Waals surface area contributed by atoms with Crippen LogP contribution < -0.4 is 0 Å². The van der Waals surface area contributed by atoms with Crippen molar-refractivity contribution in [2.75, 3.05) is 6.61 Å². The first-order chi connectivity index (χ1) is 14.3. The molecule has 2 saturated carbocycles. The van der Waals surface area contributed by atoms with Gasteiger partial charge in [-0.15, -0.1) is 13.2 Å². The van der Waals surface area contributed by atoms with Crippen LogP contribution in [0.25, 0.3) is 0 Å². The van der Waals surface area contributed by atoms with E-state index in [2.05, 4.69) is 43.5 Å². The second kappa shape index (κ2) is 12.4. The average molecular weight is 395 g/mol. The van der Waals surface area contributed by atoms with E-state index in [1.54, 1.807) is 0 Å². The lowest BCUT2D eigenvalue weighted by Gasteiger charge is -2.32. The van der Waals surface area contributed by atoms with Gasteiger partial charge in [-0.1, -0.05) is 74.9 Å². The van der Waals surface area contributed by atoms with Crippen molar-refractivity contribution in [2.45, 2.75) is 89.6 Å². The molecule has 0 aliphatic heterocycles. The largest absolute Gasteiger partial charge is 0.373 e. The highest BCUT2D eigenvalue weighted by molar-refractivity contribution is 5.25. The zero-order valence-corrected chi connectivity index (χ0v) is 18.5. The molecular weight excluding hydrogens is 352 g/mol. The molecule has 29 heavy (non-hydrogen) atoms. The molecule has 1 heteroatoms. The van der Waals surface area contributed by atoms with Crippen LogP contribution in [0.2, 0.25) is 0 Å². The fourth-order valence-electron chi connectivity index (χ4n) is 5.56. The summed E-state index contributed by atoms with van der Waals surface area (Å²) >= 11 is 0. The van der Waals surface area contributed by atoms with Crippen LogP contribution in [0.5, 0.6) is 0 Å². The van der Waals surface area contributed by atoms with E-state index in [4.69, 9.17) is 4.74 Å². The zero-order chi connectivity index (χ0) is 20.3. The summed E-state index contributed by atoms with van der Waals surface area (Å²) in [4.78, 5) is 0. The van der Waals surface area contributed by atoms with Crippen LogP contribution in [-0.4, -0.2) is 6.61 Å². The predicted octanol–water partition coefficient (Wildman–Crippen LogP) is 8.22. The van der Waals surface area contributed by atoms with Crippen LogP contribution in [-0.2, 0) is 11.3 Å². The van der Waals surface area contributed by atoms with Crippen LogP contribution in [0, 0.1) is 17.8 Å². The summed E-state index contributed by atoms with van der Waals surface area (Å²) in [5.74, 6) is 3.76. The van der Waals surface area contributed by atoms with Gasteiger partial charge in [0.25, 0.3) is 0 Å². The highest BCUT2D eigenvalue weighted by atomic mass is 16.5. The Morgan fingerprint density at radius 2 is 1.28 bits per heavy atom. The van der Waals surface area contributed by atoms with E-state index in [9.17, 15) is 0 Å². The quantitative estimate of drug-likeness (QED) is 0.271. The third-order valence-corrected chi connectivity index (χ3v) is 7.53. The lowest BCUT2D eigenvalue weighted by Crippen LogP contribution is -2.17. The molecule has 1 aromatic carbocycles. The van der Waals surface area contributed by atoms with Gasteiger partial charge in [-0.25, -0.2) is 0 Å². The first-order valence-corrected chi connectivity index (χ1v) is 12.2. The van der Waals surface area contributed by atoms with Gasteiger partial charge in [-0.05, 0) is 73.3 Å². The van der Waals surface area contributed by atoms with Crippen LogP contribution in [0.3, 0.4) is 0 Å². The van der Waals surface area contributed by atoms with E-state index >= 15 is 0 Å². The molecule has 0 heterocycles. The van der Waals surface area contributed by atoms with Crippen molar-refractivity contribution >= 4 is 0 Å². The number of hydrogen-bond acceptors (Lipinski definition) is 1. The molecule has 160 valence electrons. The van der Waals surface area contributed by atoms with Gasteiger partial charge in [0.15, 0.2) is 0 Å². The summed E-state index contributed by atoms with van der Waals surface area (Å²) < 4.78 is 5.55. The Balaban J connectivity index is 1.32. The lowest BCUT2D eigenvalue weighted by molar-refractivity contribution is 0.149. The number of benzene rings is 1. The van der Waals surface area contributed by atoms with Crippen molar-refractivity contribution in [3.05, 3.63) is 60.7 Å². The second-order valence-electron chi connectivity index (χ2n) is 9.59. The maximum Gasteiger partial charge on any atom is 0.0721 e. The molecule has 3 rings (SSSR count). The predicted molar refractivity (Wildman–Crippen MR) is 125 cm³/mol. The maximum absolute atomic E-state index is 5.55. The molecule has 0 unspecified atom stereocenters. The Hall–Kier alpha value is -1.34. The number of rotatable bonds is 11. The monoisotopic (exact) mass is 394 g/mol. The minimum absolute atomic E-state index is 0.627. The van der Waals surface area contributed by atoms with E-state index in [1.807, 2.05) is 6.08 Å². The van der Waals surface area contributed by atoms with Crippen molar-refractivity contribution in [3.63, 3.8) is 0 Å². The summed E-state index contributed by atoms with van der Waals surface area (Å²) in [7, 11) is 0. The van der Waals surface area contributed by atoms with Crippen molar-refractivity contribution in [1.29, 1.82) is 0 Å². The van der Waals surface area contributed by atoms with Gasteiger partial charge in [0, 0.05) is 0 Å². The molecule has 0 atom stereocenters. The van der Waals surface area contributed by atoms with Crippen molar-refractivity contribution in [1.82, 2.24) is 0 Å². The molecule has 0 aromatic heterocycles. The molecule has 0 radical (unpaired) electrons. The van der Waals surface area contributed by atoms with Crippen molar-refractivity contribution in [3.8, 4) is 0 Å².